The van der Waals surface area contributed by atoms with Crippen molar-refractivity contribution in [3.05, 3.63) is 29.8 Å². The van der Waals surface area contributed by atoms with Crippen molar-refractivity contribution in [1.82, 2.24) is 25.0 Å². The quantitative estimate of drug-likeness (QED) is 0.199. The van der Waals surface area contributed by atoms with E-state index in [0.717, 1.165) is 24.3 Å². The molecule has 6 N–H and O–H groups in total. The molecule has 3 aromatic rings. The number of aliphatic hydroxyl groups excluding tert-OH is 3. The standard InChI is InChI=1S/C21H27N7O3S/c1-2-6-32-21-24-19(23-13-8-12(13)10-4-3-5-11(22)7-10)16-20(25-21)28(27-26-16)14-9-15(29)18(31)17(14)30/h3-5,7,12-15,17-18,29-31H,2,6,8-9,22H2,1H3,(H,23,24,25). The molecule has 0 amide bonds. The van der Waals surface area contributed by atoms with Gasteiger partial charge in [-0.25, -0.2) is 14.6 Å². The van der Waals surface area contributed by atoms with E-state index in [9.17, 15) is 15.3 Å². The lowest BCUT2D eigenvalue weighted by Gasteiger charge is -2.16. The number of nitrogens with zero attached hydrogens (tertiary/aromatic N) is 5. The van der Waals surface area contributed by atoms with E-state index in [1.54, 1.807) is 11.8 Å². The normalized spacial score (nSPS) is 29.5. The van der Waals surface area contributed by atoms with Gasteiger partial charge in [0.25, 0.3) is 0 Å². The number of benzene rings is 1. The van der Waals surface area contributed by atoms with Crippen molar-refractivity contribution in [1.29, 1.82) is 0 Å². The molecule has 170 valence electrons. The number of hydrogen-bond acceptors (Lipinski definition) is 10. The third kappa shape index (κ3) is 3.90. The lowest BCUT2D eigenvalue weighted by molar-refractivity contribution is -0.0253. The summed E-state index contributed by atoms with van der Waals surface area (Å²) in [5, 5.41) is 43.0. The third-order valence-electron chi connectivity index (χ3n) is 6.13. The zero-order valence-electron chi connectivity index (χ0n) is 17.7. The van der Waals surface area contributed by atoms with Gasteiger partial charge in [-0.15, -0.1) is 5.10 Å². The lowest BCUT2D eigenvalue weighted by Crippen LogP contribution is -2.31. The van der Waals surface area contributed by atoms with E-state index in [1.165, 1.54) is 10.2 Å². The Morgan fingerprint density at radius 3 is 2.75 bits per heavy atom. The molecule has 10 nitrogen and oxygen atoms in total. The van der Waals surface area contributed by atoms with Crippen LogP contribution in [0.15, 0.2) is 29.4 Å². The average molecular weight is 458 g/mol. The average Bonchev–Trinajstić information content (AvgIpc) is 3.35. The van der Waals surface area contributed by atoms with E-state index in [4.69, 9.17) is 10.7 Å². The second kappa shape index (κ2) is 8.47. The van der Waals surface area contributed by atoms with Crippen LogP contribution in [0.4, 0.5) is 11.5 Å². The van der Waals surface area contributed by atoms with Gasteiger partial charge in [0.15, 0.2) is 22.1 Å². The Bertz CT molecular complexity index is 1130. The Hall–Kier alpha value is -2.47. The number of hydrogen-bond donors (Lipinski definition) is 5. The van der Waals surface area contributed by atoms with Crippen LogP contribution < -0.4 is 11.1 Å². The molecular weight excluding hydrogens is 430 g/mol. The van der Waals surface area contributed by atoms with Crippen LogP contribution in [0, 0.1) is 0 Å². The molecule has 2 fully saturated rings. The van der Waals surface area contributed by atoms with Crippen molar-refractivity contribution in [3.8, 4) is 0 Å². The fourth-order valence-electron chi connectivity index (χ4n) is 4.31. The Morgan fingerprint density at radius 2 is 2.03 bits per heavy atom. The van der Waals surface area contributed by atoms with Crippen LogP contribution in [0.1, 0.15) is 43.7 Å². The molecule has 2 aliphatic rings. The maximum Gasteiger partial charge on any atom is 0.191 e. The lowest BCUT2D eigenvalue weighted by atomic mass is 10.1. The van der Waals surface area contributed by atoms with Crippen LogP contribution in [0.5, 0.6) is 0 Å². The molecule has 0 spiro atoms. The zero-order chi connectivity index (χ0) is 22.4. The van der Waals surface area contributed by atoms with Crippen LogP contribution in [-0.4, -0.2) is 70.4 Å². The van der Waals surface area contributed by atoms with E-state index in [1.807, 2.05) is 18.2 Å². The summed E-state index contributed by atoms with van der Waals surface area (Å²) in [4.78, 5) is 9.33. The highest BCUT2D eigenvalue weighted by molar-refractivity contribution is 7.99. The second-order valence-electron chi connectivity index (χ2n) is 8.52. The van der Waals surface area contributed by atoms with Gasteiger partial charge in [-0.1, -0.05) is 36.0 Å². The minimum Gasteiger partial charge on any atom is -0.399 e. The summed E-state index contributed by atoms with van der Waals surface area (Å²) in [6, 6.07) is 7.50. The van der Waals surface area contributed by atoms with Crippen LogP contribution in [-0.2, 0) is 0 Å². The summed E-state index contributed by atoms with van der Waals surface area (Å²) in [7, 11) is 0. The molecular formula is C21H27N7O3S. The number of thioether (sulfide) groups is 1. The van der Waals surface area contributed by atoms with E-state index >= 15 is 0 Å². The van der Waals surface area contributed by atoms with Gasteiger partial charge in [0, 0.05) is 29.8 Å². The number of fused-ring (bicyclic) bond motifs is 1. The number of anilines is 2. The maximum absolute atomic E-state index is 10.4. The van der Waals surface area contributed by atoms with Gasteiger partial charge < -0.3 is 26.4 Å². The van der Waals surface area contributed by atoms with E-state index < -0.39 is 24.4 Å². The molecule has 2 heterocycles. The highest BCUT2D eigenvalue weighted by Crippen LogP contribution is 2.44. The molecule has 0 bridgehead atoms. The number of nitrogens with one attached hydrogen (secondary N) is 1. The topological polar surface area (TPSA) is 155 Å². The number of aromatic nitrogens is 5. The summed E-state index contributed by atoms with van der Waals surface area (Å²) >= 11 is 1.54. The number of aliphatic hydroxyl groups is 3. The highest BCUT2D eigenvalue weighted by atomic mass is 32.2. The Balaban J connectivity index is 1.46. The molecule has 11 heteroatoms. The fourth-order valence-corrected chi connectivity index (χ4v) is 5.00. The minimum absolute atomic E-state index is 0.172. The van der Waals surface area contributed by atoms with Gasteiger partial charge in [-0.2, -0.15) is 0 Å². The molecule has 32 heavy (non-hydrogen) atoms. The third-order valence-corrected chi connectivity index (χ3v) is 7.18. The van der Waals surface area contributed by atoms with Gasteiger partial charge in [-0.05, 0) is 30.5 Å². The number of nitrogens with two attached hydrogens (primary N) is 1. The van der Waals surface area contributed by atoms with Gasteiger partial charge in [-0.3, -0.25) is 0 Å². The Morgan fingerprint density at radius 1 is 1.19 bits per heavy atom. The largest absolute Gasteiger partial charge is 0.399 e. The number of nitrogen functional groups attached to an aromatic ring is 1. The van der Waals surface area contributed by atoms with Crippen molar-refractivity contribution in [2.45, 2.75) is 67.7 Å². The molecule has 1 aromatic carbocycles. The molecule has 0 saturated heterocycles. The van der Waals surface area contributed by atoms with Gasteiger partial charge in [0.1, 0.15) is 12.2 Å². The molecule has 6 atom stereocenters. The predicted octanol–water partition coefficient (Wildman–Crippen LogP) is 1.30. The first-order chi connectivity index (χ1) is 15.5. The smallest absolute Gasteiger partial charge is 0.191 e. The first-order valence-corrected chi connectivity index (χ1v) is 11.9. The first kappa shape index (κ1) is 21.4. The van der Waals surface area contributed by atoms with Crippen molar-refractivity contribution in [2.24, 2.45) is 0 Å². The van der Waals surface area contributed by atoms with E-state index in [2.05, 4.69) is 33.6 Å². The maximum atomic E-state index is 10.4. The summed E-state index contributed by atoms with van der Waals surface area (Å²) in [5.41, 5.74) is 8.86. The van der Waals surface area contributed by atoms with E-state index in [-0.39, 0.29) is 12.5 Å². The molecule has 2 aliphatic carbocycles. The molecule has 6 unspecified atom stereocenters. The summed E-state index contributed by atoms with van der Waals surface area (Å²) in [6.07, 6.45) is -1.28. The SMILES string of the molecule is CCCSc1nc(NC2CC2c2cccc(N)c2)c2nnn(C3CC(O)C(O)C3O)c2n1. The second-order valence-corrected chi connectivity index (χ2v) is 9.59. The van der Waals surface area contributed by atoms with Gasteiger partial charge in [0.2, 0.25) is 0 Å². The van der Waals surface area contributed by atoms with Crippen LogP contribution >= 0.6 is 11.8 Å². The van der Waals surface area contributed by atoms with Crippen molar-refractivity contribution >= 4 is 34.4 Å². The summed E-state index contributed by atoms with van der Waals surface area (Å²) in [5.74, 6) is 1.81. The number of rotatable bonds is 7. The van der Waals surface area contributed by atoms with Crippen molar-refractivity contribution in [3.63, 3.8) is 0 Å². The Labute approximate surface area is 189 Å². The Kier molecular flexibility index (Phi) is 5.66. The summed E-state index contributed by atoms with van der Waals surface area (Å²) in [6.45, 7) is 2.09. The highest BCUT2D eigenvalue weighted by Gasteiger charge is 2.43. The van der Waals surface area contributed by atoms with E-state index in [0.29, 0.717) is 28.1 Å². The van der Waals surface area contributed by atoms with Gasteiger partial charge in [0.05, 0.1) is 12.1 Å². The minimum atomic E-state index is -1.22. The van der Waals surface area contributed by atoms with Crippen LogP contribution in [0.3, 0.4) is 0 Å². The van der Waals surface area contributed by atoms with Crippen LogP contribution in [0.25, 0.3) is 11.2 Å². The van der Waals surface area contributed by atoms with Crippen molar-refractivity contribution in [2.75, 3.05) is 16.8 Å². The summed E-state index contributed by atoms with van der Waals surface area (Å²) < 4.78 is 1.50. The van der Waals surface area contributed by atoms with Crippen molar-refractivity contribution < 1.29 is 15.3 Å². The van der Waals surface area contributed by atoms with Gasteiger partial charge >= 0.3 is 0 Å². The molecule has 0 radical (unpaired) electrons. The molecule has 2 aromatic heterocycles. The molecule has 0 aliphatic heterocycles. The molecule has 2 saturated carbocycles. The predicted molar refractivity (Wildman–Crippen MR) is 121 cm³/mol. The monoisotopic (exact) mass is 457 g/mol. The first-order valence-electron chi connectivity index (χ1n) is 10.9. The van der Waals surface area contributed by atoms with Crippen LogP contribution in [0.2, 0.25) is 0 Å². The zero-order valence-corrected chi connectivity index (χ0v) is 18.5. The fraction of sp³-hybridized carbons (Fsp3) is 0.524. The molecule has 5 rings (SSSR count).